The molecule has 1 unspecified atom stereocenters. The quantitative estimate of drug-likeness (QED) is 0.513. The number of hydrogen-bond acceptors (Lipinski definition) is 7. The van der Waals surface area contributed by atoms with Gasteiger partial charge in [-0.3, -0.25) is 4.79 Å². The molecule has 34 heavy (non-hydrogen) atoms. The smallest absolute Gasteiger partial charge is 0.342 e. The van der Waals surface area contributed by atoms with Crippen LogP contribution in [0.5, 0.6) is 5.75 Å². The summed E-state index contributed by atoms with van der Waals surface area (Å²) in [4.78, 5) is 25.3. The number of benzene rings is 2. The molecule has 178 valence electrons. The standard InChI is InChI=1S/C24H25N3O6S/c1-24(12-13-34(30,31)16-24)25-21(28)15-33-23(29)20-14-27(18-6-4-3-5-7-18)26-22(20)17-8-10-19(32-2)11-9-17/h3-11,14H,12-13,15-16H2,1-2H3,(H,25,28). The van der Waals surface area contributed by atoms with Crippen molar-refractivity contribution in [2.75, 3.05) is 25.2 Å². The number of nitrogens with zero attached hydrogens (tertiary/aromatic N) is 2. The minimum Gasteiger partial charge on any atom is -0.497 e. The highest BCUT2D eigenvalue weighted by molar-refractivity contribution is 7.91. The van der Waals surface area contributed by atoms with Crippen LogP contribution in [0.2, 0.25) is 0 Å². The Morgan fingerprint density at radius 2 is 1.82 bits per heavy atom. The van der Waals surface area contributed by atoms with E-state index < -0.39 is 33.9 Å². The second kappa shape index (κ2) is 9.30. The van der Waals surface area contributed by atoms with Crippen molar-refractivity contribution in [3.63, 3.8) is 0 Å². The van der Waals surface area contributed by atoms with Gasteiger partial charge in [0.1, 0.15) is 17.0 Å². The molecule has 1 aliphatic rings. The van der Waals surface area contributed by atoms with Crippen molar-refractivity contribution < 1.29 is 27.5 Å². The van der Waals surface area contributed by atoms with Gasteiger partial charge in [-0.05, 0) is 49.7 Å². The third kappa shape index (κ3) is 5.28. The summed E-state index contributed by atoms with van der Waals surface area (Å²) in [6, 6.07) is 16.4. The van der Waals surface area contributed by atoms with E-state index in [0.717, 1.165) is 5.69 Å². The second-order valence-corrected chi connectivity index (χ2v) is 10.6. The third-order valence-corrected chi connectivity index (χ3v) is 7.50. The average molecular weight is 484 g/mol. The Hall–Kier alpha value is -3.66. The predicted octanol–water partition coefficient (Wildman–Crippen LogP) is 2.40. The molecule has 1 aromatic heterocycles. The van der Waals surface area contributed by atoms with Crippen molar-refractivity contribution in [3.05, 3.63) is 66.4 Å². The molecule has 0 bridgehead atoms. The van der Waals surface area contributed by atoms with Crippen LogP contribution in [0.15, 0.2) is 60.8 Å². The zero-order valence-electron chi connectivity index (χ0n) is 18.9. The van der Waals surface area contributed by atoms with Crippen LogP contribution in [0.25, 0.3) is 16.9 Å². The lowest BCUT2D eigenvalue weighted by molar-refractivity contribution is -0.125. The summed E-state index contributed by atoms with van der Waals surface area (Å²) in [6.45, 7) is 1.13. The monoisotopic (exact) mass is 483 g/mol. The van der Waals surface area contributed by atoms with E-state index in [-0.39, 0.29) is 17.1 Å². The molecular weight excluding hydrogens is 458 g/mol. The first-order valence-electron chi connectivity index (χ1n) is 10.7. The lowest BCUT2D eigenvalue weighted by atomic mass is 10.0. The Morgan fingerprint density at radius 1 is 1.12 bits per heavy atom. The summed E-state index contributed by atoms with van der Waals surface area (Å²) in [5.41, 5.74) is 1.15. The Labute approximate surface area is 197 Å². The zero-order chi connectivity index (χ0) is 24.3. The Kier molecular flexibility index (Phi) is 6.43. The SMILES string of the molecule is COc1ccc(-c2nn(-c3ccccc3)cc2C(=O)OCC(=O)NC2(C)CCS(=O)(=O)C2)cc1. The third-order valence-electron chi connectivity index (χ3n) is 5.60. The lowest BCUT2D eigenvalue weighted by Crippen LogP contribution is -2.48. The number of para-hydroxylation sites is 1. The number of sulfone groups is 1. The van der Waals surface area contributed by atoms with Crippen LogP contribution in [-0.2, 0) is 19.4 Å². The predicted molar refractivity (Wildman–Crippen MR) is 126 cm³/mol. The molecule has 4 rings (SSSR count). The van der Waals surface area contributed by atoms with Gasteiger partial charge in [-0.25, -0.2) is 17.9 Å². The fourth-order valence-corrected chi connectivity index (χ4v) is 5.98. The first-order chi connectivity index (χ1) is 16.2. The maximum absolute atomic E-state index is 13.0. The molecule has 2 heterocycles. The maximum Gasteiger partial charge on any atom is 0.342 e. The van der Waals surface area contributed by atoms with Gasteiger partial charge in [0.2, 0.25) is 0 Å². The van der Waals surface area contributed by atoms with E-state index in [4.69, 9.17) is 9.47 Å². The van der Waals surface area contributed by atoms with E-state index in [1.54, 1.807) is 49.2 Å². The van der Waals surface area contributed by atoms with Gasteiger partial charge in [0.05, 0.1) is 29.8 Å². The van der Waals surface area contributed by atoms with Crippen molar-refractivity contribution in [1.82, 2.24) is 15.1 Å². The number of esters is 1. The average Bonchev–Trinajstić information content (AvgIpc) is 3.38. The Morgan fingerprint density at radius 3 is 2.44 bits per heavy atom. The minimum absolute atomic E-state index is 0.0213. The highest BCUT2D eigenvalue weighted by Crippen LogP contribution is 2.27. The number of amides is 1. The van der Waals surface area contributed by atoms with Crippen LogP contribution < -0.4 is 10.1 Å². The van der Waals surface area contributed by atoms with E-state index in [1.165, 1.54) is 0 Å². The van der Waals surface area contributed by atoms with Crippen LogP contribution in [0, 0.1) is 0 Å². The summed E-state index contributed by atoms with van der Waals surface area (Å²) in [6.07, 6.45) is 1.88. The fourth-order valence-electron chi connectivity index (χ4n) is 3.89. The van der Waals surface area contributed by atoms with Gasteiger partial charge in [-0.15, -0.1) is 0 Å². The molecular formula is C24H25N3O6S. The highest BCUT2D eigenvalue weighted by Gasteiger charge is 2.39. The molecule has 1 amide bonds. The molecule has 2 aromatic carbocycles. The van der Waals surface area contributed by atoms with Crippen LogP contribution in [-0.4, -0.2) is 60.8 Å². The number of rotatable bonds is 7. The topological polar surface area (TPSA) is 117 Å². The van der Waals surface area contributed by atoms with Gasteiger partial charge < -0.3 is 14.8 Å². The number of carbonyl (C=O) groups is 2. The molecule has 1 atom stereocenters. The van der Waals surface area contributed by atoms with E-state index >= 15 is 0 Å². The van der Waals surface area contributed by atoms with Gasteiger partial charge in [0.25, 0.3) is 5.91 Å². The number of carbonyl (C=O) groups excluding carboxylic acids is 2. The number of methoxy groups -OCH3 is 1. The summed E-state index contributed by atoms with van der Waals surface area (Å²) in [7, 11) is -1.62. The number of aromatic nitrogens is 2. The van der Waals surface area contributed by atoms with E-state index in [1.807, 2.05) is 30.3 Å². The van der Waals surface area contributed by atoms with Gasteiger partial charge in [0.15, 0.2) is 16.4 Å². The van der Waals surface area contributed by atoms with Gasteiger partial charge in [0, 0.05) is 11.8 Å². The molecule has 10 heteroatoms. The number of nitrogens with one attached hydrogen (secondary N) is 1. The molecule has 0 saturated carbocycles. The molecule has 1 fully saturated rings. The van der Waals surface area contributed by atoms with E-state index in [9.17, 15) is 18.0 Å². The van der Waals surface area contributed by atoms with Crippen molar-refractivity contribution in [3.8, 4) is 22.7 Å². The van der Waals surface area contributed by atoms with Crippen LogP contribution in [0.3, 0.4) is 0 Å². The molecule has 1 saturated heterocycles. The lowest BCUT2D eigenvalue weighted by Gasteiger charge is -2.23. The van der Waals surface area contributed by atoms with Gasteiger partial charge in [-0.1, -0.05) is 18.2 Å². The van der Waals surface area contributed by atoms with E-state index in [2.05, 4.69) is 10.4 Å². The van der Waals surface area contributed by atoms with Crippen molar-refractivity contribution in [2.45, 2.75) is 18.9 Å². The highest BCUT2D eigenvalue weighted by atomic mass is 32.2. The molecule has 3 aromatic rings. The summed E-state index contributed by atoms with van der Waals surface area (Å²) < 4.78 is 35.6. The van der Waals surface area contributed by atoms with Gasteiger partial charge >= 0.3 is 5.97 Å². The maximum atomic E-state index is 13.0. The Bertz CT molecular complexity index is 1300. The molecule has 0 spiro atoms. The Balaban J connectivity index is 1.54. The van der Waals surface area contributed by atoms with Crippen molar-refractivity contribution in [2.24, 2.45) is 0 Å². The first-order valence-corrected chi connectivity index (χ1v) is 12.5. The second-order valence-electron chi connectivity index (χ2n) is 8.43. The summed E-state index contributed by atoms with van der Waals surface area (Å²) in [5.74, 6) is -0.727. The van der Waals surface area contributed by atoms with Gasteiger partial charge in [-0.2, -0.15) is 5.10 Å². The van der Waals surface area contributed by atoms with E-state index in [0.29, 0.717) is 23.4 Å². The molecule has 1 aliphatic heterocycles. The van der Waals surface area contributed by atoms with Crippen LogP contribution in [0.4, 0.5) is 0 Å². The molecule has 0 radical (unpaired) electrons. The minimum atomic E-state index is -3.18. The zero-order valence-corrected chi connectivity index (χ0v) is 19.7. The first kappa shape index (κ1) is 23.5. The van der Waals surface area contributed by atoms with Crippen LogP contribution in [0.1, 0.15) is 23.7 Å². The normalized spacial score (nSPS) is 18.9. The molecule has 1 N–H and O–H groups in total. The van der Waals surface area contributed by atoms with Crippen LogP contribution >= 0.6 is 0 Å². The largest absolute Gasteiger partial charge is 0.497 e. The number of hydrogen-bond donors (Lipinski definition) is 1. The van der Waals surface area contributed by atoms with Crippen molar-refractivity contribution in [1.29, 1.82) is 0 Å². The molecule has 9 nitrogen and oxygen atoms in total. The van der Waals surface area contributed by atoms with Crippen molar-refractivity contribution >= 4 is 21.7 Å². The molecule has 0 aliphatic carbocycles. The summed E-state index contributed by atoms with van der Waals surface area (Å²) >= 11 is 0. The number of ether oxygens (including phenoxy) is 2. The fraction of sp³-hybridized carbons (Fsp3) is 0.292. The summed E-state index contributed by atoms with van der Waals surface area (Å²) in [5, 5.41) is 7.25.